The quantitative estimate of drug-likeness (QED) is 0.813. The average molecular weight is 327 g/mol. The van der Waals surface area contributed by atoms with Crippen LogP contribution in [0.5, 0.6) is 5.75 Å². The molecule has 0 aliphatic heterocycles. The van der Waals surface area contributed by atoms with Gasteiger partial charge in [-0.25, -0.2) is 0 Å². The van der Waals surface area contributed by atoms with E-state index < -0.39 is 12.0 Å². The van der Waals surface area contributed by atoms with Gasteiger partial charge in [0.1, 0.15) is 18.4 Å². The Morgan fingerprint density at radius 2 is 1.79 bits per heavy atom. The number of carboxylic acid groups (broad SMARTS) is 1. The zero-order valence-electron chi connectivity index (χ0n) is 14.7. The molecule has 0 amide bonds. The Balaban J connectivity index is 2.05. The largest absolute Gasteiger partial charge is 0.488 e. The van der Waals surface area contributed by atoms with Crippen molar-refractivity contribution < 1.29 is 14.6 Å². The minimum absolute atomic E-state index is 0.521. The molecule has 0 radical (unpaired) electrons. The molecule has 0 unspecified atom stereocenters. The predicted octanol–water partition coefficient (Wildman–Crippen LogP) is 3.75. The summed E-state index contributed by atoms with van der Waals surface area (Å²) in [5.74, 6) is 0.0492. The van der Waals surface area contributed by atoms with Gasteiger partial charge in [0.2, 0.25) is 0 Å². The van der Waals surface area contributed by atoms with Gasteiger partial charge in [-0.15, -0.1) is 0 Å². The SMILES string of the molecule is Cc1cccc(COc2c(C)cc(CN[C@@H](C)C(=O)O)cc2C)c1. The Morgan fingerprint density at radius 1 is 1.12 bits per heavy atom. The summed E-state index contributed by atoms with van der Waals surface area (Å²) in [5.41, 5.74) is 5.54. The molecule has 0 fully saturated rings. The van der Waals surface area contributed by atoms with Crippen LogP contribution < -0.4 is 10.1 Å². The first-order chi connectivity index (χ1) is 11.4. The van der Waals surface area contributed by atoms with Crippen molar-refractivity contribution >= 4 is 5.97 Å². The van der Waals surface area contributed by atoms with E-state index in [1.54, 1.807) is 6.92 Å². The van der Waals surface area contributed by atoms with Crippen LogP contribution >= 0.6 is 0 Å². The number of rotatable bonds is 7. The first kappa shape index (κ1) is 18.0. The number of nitrogens with one attached hydrogen (secondary N) is 1. The molecule has 0 saturated carbocycles. The third-order valence-electron chi connectivity index (χ3n) is 3.97. The number of ether oxygens (including phenoxy) is 1. The first-order valence-electron chi connectivity index (χ1n) is 8.11. The highest BCUT2D eigenvalue weighted by atomic mass is 16.5. The van der Waals surface area contributed by atoms with Crippen molar-refractivity contribution in [1.82, 2.24) is 5.32 Å². The smallest absolute Gasteiger partial charge is 0.320 e. The van der Waals surface area contributed by atoms with Crippen LogP contribution in [-0.4, -0.2) is 17.1 Å². The highest BCUT2D eigenvalue weighted by molar-refractivity contribution is 5.72. The topological polar surface area (TPSA) is 58.6 Å². The summed E-state index contributed by atoms with van der Waals surface area (Å²) in [6.07, 6.45) is 0. The molecule has 4 nitrogen and oxygen atoms in total. The van der Waals surface area contributed by atoms with Crippen LogP contribution in [0.4, 0.5) is 0 Å². The van der Waals surface area contributed by atoms with E-state index in [1.165, 1.54) is 5.56 Å². The van der Waals surface area contributed by atoms with E-state index in [9.17, 15) is 4.79 Å². The lowest BCUT2D eigenvalue weighted by molar-refractivity contribution is -0.139. The molecule has 1 atom stereocenters. The molecule has 24 heavy (non-hydrogen) atoms. The third-order valence-corrected chi connectivity index (χ3v) is 3.97. The standard InChI is InChI=1S/C20H25NO3/c1-13-6-5-7-17(8-13)12-24-19-14(2)9-18(10-15(19)3)11-21-16(4)20(22)23/h5-10,16,21H,11-12H2,1-4H3,(H,22,23)/t16-/m0/s1. The van der Waals surface area contributed by atoms with Crippen LogP contribution in [0.25, 0.3) is 0 Å². The summed E-state index contributed by atoms with van der Waals surface area (Å²) in [4.78, 5) is 10.9. The summed E-state index contributed by atoms with van der Waals surface area (Å²) in [6.45, 7) is 8.80. The van der Waals surface area contributed by atoms with E-state index in [4.69, 9.17) is 9.84 Å². The van der Waals surface area contributed by atoms with Crippen LogP contribution in [0.3, 0.4) is 0 Å². The zero-order chi connectivity index (χ0) is 17.7. The maximum Gasteiger partial charge on any atom is 0.320 e. The first-order valence-corrected chi connectivity index (χ1v) is 8.11. The highest BCUT2D eigenvalue weighted by Gasteiger charge is 2.11. The van der Waals surface area contributed by atoms with E-state index >= 15 is 0 Å². The lowest BCUT2D eigenvalue weighted by Crippen LogP contribution is -2.33. The number of carboxylic acids is 1. The molecule has 0 bridgehead atoms. The zero-order valence-corrected chi connectivity index (χ0v) is 14.7. The van der Waals surface area contributed by atoms with Crippen molar-refractivity contribution in [2.75, 3.05) is 0 Å². The fraction of sp³-hybridized carbons (Fsp3) is 0.350. The lowest BCUT2D eigenvalue weighted by atomic mass is 10.1. The van der Waals surface area contributed by atoms with Crippen molar-refractivity contribution in [3.63, 3.8) is 0 Å². The van der Waals surface area contributed by atoms with Gasteiger partial charge in [0.25, 0.3) is 0 Å². The number of hydrogen-bond acceptors (Lipinski definition) is 3. The summed E-state index contributed by atoms with van der Waals surface area (Å²) in [5, 5.41) is 11.9. The minimum Gasteiger partial charge on any atom is -0.488 e. The van der Waals surface area contributed by atoms with Gasteiger partial charge in [-0.3, -0.25) is 4.79 Å². The second kappa shape index (κ2) is 7.97. The molecule has 0 saturated heterocycles. The Bertz CT molecular complexity index is 702. The molecule has 2 rings (SSSR count). The maximum absolute atomic E-state index is 10.9. The van der Waals surface area contributed by atoms with E-state index in [2.05, 4.69) is 30.4 Å². The summed E-state index contributed by atoms with van der Waals surface area (Å²) < 4.78 is 6.01. The second-order valence-corrected chi connectivity index (χ2v) is 6.28. The number of hydrogen-bond donors (Lipinski definition) is 2. The van der Waals surface area contributed by atoms with Gasteiger partial charge in [-0.2, -0.15) is 0 Å². The van der Waals surface area contributed by atoms with Gasteiger partial charge in [0, 0.05) is 6.54 Å². The third kappa shape index (κ3) is 4.83. The van der Waals surface area contributed by atoms with Gasteiger partial charge in [0.05, 0.1) is 0 Å². The molecule has 2 aromatic carbocycles. The Kier molecular flexibility index (Phi) is 5.99. The van der Waals surface area contributed by atoms with Gasteiger partial charge >= 0.3 is 5.97 Å². The molecule has 0 spiro atoms. The van der Waals surface area contributed by atoms with Crippen molar-refractivity contribution in [1.29, 1.82) is 0 Å². The number of carbonyl (C=O) groups is 1. The molecule has 0 aliphatic rings. The van der Waals surface area contributed by atoms with E-state index in [0.717, 1.165) is 28.0 Å². The molecule has 0 heterocycles. The number of benzene rings is 2. The van der Waals surface area contributed by atoms with Crippen LogP contribution in [-0.2, 0) is 17.9 Å². The van der Waals surface area contributed by atoms with Gasteiger partial charge < -0.3 is 15.2 Å². The fourth-order valence-corrected chi connectivity index (χ4v) is 2.69. The molecule has 0 aromatic heterocycles. The normalized spacial score (nSPS) is 12.0. The molecule has 2 aromatic rings. The predicted molar refractivity (Wildman–Crippen MR) is 95.4 cm³/mol. The van der Waals surface area contributed by atoms with Crippen LogP contribution in [0.1, 0.15) is 34.7 Å². The monoisotopic (exact) mass is 327 g/mol. The highest BCUT2D eigenvalue weighted by Crippen LogP contribution is 2.26. The summed E-state index contributed by atoms with van der Waals surface area (Å²) in [6, 6.07) is 11.8. The molecular formula is C20H25NO3. The fourth-order valence-electron chi connectivity index (χ4n) is 2.69. The van der Waals surface area contributed by atoms with Gasteiger partial charge in [-0.05, 0) is 49.9 Å². The van der Waals surface area contributed by atoms with Crippen LogP contribution in [0.15, 0.2) is 36.4 Å². The van der Waals surface area contributed by atoms with Crippen molar-refractivity contribution in [2.45, 2.75) is 46.9 Å². The van der Waals surface area contributed by atoms with E-state index in [0.29, 0.717) is 13.2 Å². The molecule has 2 N–H and O–H groups in total. The summed E-state index contributed by atoms with van der Waals surface area (Å²) in [7, 11) is 0. The molecule has 0 aliphatic carbocycles. The van der Waals surface area contributed by atoms with Crippen LogP contribution in [0, 0.1) is 20.8 Å². The molecule has 128 valence electrons. The number of aliphatic carboxylic acids is 1. The molecule has 4 heteroatoms. The average Bonchev–Trinajstić information content (AvgIpc) is 2.51. The maximum atomic E-state index is 10.9. The Labute approximate surface area is 143 Å². The lowest BCUT2D eigenvalue weighted by Gasteiger charge is -2.15. The van der Waals surface area contributed by atoms with Crippen molar-refractivity contribution in [2.24, 2.45) is 0 Å². The summed E-state index contributed by atoms with van der Waals surface area (Å²) >= 11 is 0. The van der Waals surface area contributed by atoms with Crippen LogP contribution in [0.2, 0.25) is 0 Å². The number of aryl methyl sites for hydroxylation is 3. The van der Waals surface area contributed by atoms with E-state index in [1.807, 2.05) is 32.0 Å². The Morgan fingerprint density at radius 3 is 2.38 bits per heavy atom. The minimum atomic E-state index is -0.846. The van der Waals surface area contributed by atoms with Gasteiger partial charge in [-0.1, -0.05) is 42.0 Å². The van der Waals surface area contributed by atoms with E-state index in [-0.39, 0.29) is 0 Å². The van der Waals surface area contributed by atoms with Crippen molar-refractivity contribution in [3.8, 4) is 5.75 Å². The molecular weight excluding hydrogens is 302 g/mol. The van der Waals surface area contributed by atoms with Crippen molar-refractivity contribution in [3.05, 3.63) is 64.2 Å². The second-order valence-electron chi connectivity index (χ2n) is 6.28. The Hall–Kier alpha value is -2.33. The van der Waals surface area contributed by atoms with Gasteiger partial charge in [0.15, 0.2) is 0 Å².